The molecule has 0 amide bonds. The van der Waals surface area contributed by atoms with Gasteiger partial charge in [0.1, 0.15) is 24.7 Å². The van der Waals surface area contributed by atoms with Gasteiger partial charge in [-0.25, -0.2) is 0 Å². The van der Waals surface area contributed by atoms with Gasteiger partial charge in [-0.3, -0.25) is 0 Å². The molecule has 1 aromatic rings. The summed E-state index contributed by atoms with van der Waals surface area (Å²) in [4.78, 5) is 5.06. The Morgan fingerprint density at radius 1 is 0.963 bits per heavy atom. The highest BCUT2D eigenvalue weighted by Gasteiger charge is 2.10. The maximum atomic E-state index is 5.86. The first kappa shape index (κ1) is 24.9. The summed E-state index contributed by atoms with van der Waals surface area (Å²) < 4.78 is 19.5. The normalized spacial score (nSPS) is 10.3. The zero-order valence-corrected chi connectivity index (χ0v) is 21.6. The molecule has 0 aliphatic rings. The van der Waals surface area contributed by atoms with E-state index in [2.05, 4.69) is 68.9 Å². The lowest BCUT2D eigenvalue weighted by atomic mass is 10.3. The molecule has 9 heteroatoms. The van der Waals surface area contributed by atoms with Crippen LogP contribution >= 0.6 is 63.7 Å². The quantitative estimate of drug-likeness (QED) is 0.136. The van der Waals surface area contributed by atoms with E-state index in [-0.39, 0.29) is 0 Å². The average Bonchev–Trinajstić information content (AvgIpc) is 2.58. The Bertz CT molecular complexity index is 607. The molecule has 1 rings (SSSR count). The number of halogens is 4. The van der Waals surface area contributed by atoms with Gasteiger partial charge in [-0.05, 0) is 109 Å². The zero-order chi connectivity index (χ0) is 20.1. The molecule has 27 heavy (non-hydrogen) atoms. The van der Waals surface area contributed by atoms with E-state index in [0.717, 1.165) is 42.4 Å². The second-order valence-corrected chi connectivity index (χ2v) is 10.0. The van der Waals surface area contributed by atoms with E-state index in [4.69, 9.17) is 19.0 Å². The third kappa shape index (κ3) is 12.2. The highest BCUT2D eigenvalue weighted by molar-refractivity contribution is 9.28. The average molecular weight is 637 g/mol. The number of rotatable bonds is 13. The minimum Gasteiger partial charge on any atom is -0.491 e. The van der Waals surface area contributed by atoms with Crippen molar-refractivity contribution in [1.82, 2.24) is 0 Å². The van der Waals surface area contributed by atoms with Crippen molar-refractivity contribution in [1.29, 1.82) is 0 Å². The molecule has 5 nitrogen and oxygen atoms in total. The second kappa shape index (κ2) is 14.8. The molecule has 0 atom stereocenters. The summed E-state index contributed by atoms with van der Waals surface area (Å²) in [6.45, 7) is 6.53. The number of hydrogen-bond acceptors (Lipinski definition) is 5. The van der Waals surface area contributed by atoms with E-state index in [1.165, 1.54) is 0 Å². The summed E-state index contributed by atoms with van der Waals surface area (Å²) in [5, 5.41) is 3.84. The van der Waals surface area contributed by atoms with Gasteiger partial charge in [-0.1, -0.05) is 5.16 Å². The standard InChI is InChI=1S/C18H23Br4NO4/c1-13(2)23-27-10-9-24-6-3-4-7-26-18-15(19)11-14(12-16(18)20)25-8-5-17(21)22/h5,11-12H,3-4,6-10H2,1-2H3. The first-order valence-corrected chi connectivity index (χ1v) is 11.5. The fourth-order valence-corrected chi connectivity index (χ4v) is 3.45. The molecule has 0 fully saturated rings. The van der Waals surface area contributed by atoms with Gasteiger partial charge in [0, 0.05) is 6.61 Å². The molecule has 0 unspecified atom stereocenters. The van der Waals surface area contributed by atoms with E-state index >= 15 is 0 Å². The van der Waals surface area contributed by atoms with Gasteiger partial charge in [0.15, 0.2) is 0 Å². The summed E-state index contributed by atoms with van der Waals surface area (Å²) >= 11 is 13.6. The molecule has 0 aromatic heterocycles. The van der Waals surface area contributed by atoms with E-state index in [0.29, 0.717) is 33.0 Å². The van der Waals surface area contributed by atoms with Crippen LogP contribution in [0.4, 0.5) is 0 Å². The number of unbranched alkanes of at least 4 members (excludes halogenated alkanes) is 1. The molecule has 0 saturated carbocycles. The zero-order valence-electron chi connectivity index (χ0n) is 15.3. The summed E-state index contributed by atoms with van der Waals surface area (Å²) in [6, 6.07) is 3.78. The van der Waals surface area contributed by atoms with Gasteiger partial charge in [0.25, 0.3) is 0 Å². The lowest BCUT2D eigenvalue weighted by Gasteiger charge is -2.12. The Morgan fingerprint density at radius 2 is 1.63 bits per heavy atom. The molecule has 0 bridgehead atoms. The fourth-order valence-electron chi connectivity index (χ4n) is 1.81. The number of hydrogen-bond donors (Lipinski definition) is 0. The van der Waals surface area contributed by atoms with E-state index in [1.54, 1.807) is 0 Å². The van der Waals surface area contributed by atoms with Crippen LogP contribution in [0.15, 0.2) is 35.7 Å². The molecule has 0 spiro atoms. The summed E-state index contributed by atoms with van der Waals surface area (Å²) in [7, 11) is 0. The van der Waals surface area contributed by atoms with Gasteiger partial charge in [-0.15, -0.1) is 0 Å². The van der Waals surface area contributed by atoms with Crippen LogP contribution in [-0.2, 0) is 9.57 Å². The van der Waals surface area contributed by atoms with Crippen molar-refractivity contribution in [3.8, 4) is 11.5 Å². The Labute approximate surface area is 194 Å². The molecule has 0 radical (unpaired) electrons. The van der Waals surface area contributed by atoms with E-state index in [1.807, 2.05) is 32.1 Å². The highest BCUT2D eigenvalue weighted by Crippen LogP contribution is 2.37. The van der Waals surface area contributed by atoms with Crippen LogP contribution in [0.3, 0.4) is 0 Å². The summed E-state index contributed by atoms with van der Waals surface area (Å²) in [6.07, 6.45) is 3.69. The first-order valence-electron chi connectivity index (χ1n) is 8.37. The summed E-state index contributed by atoms with van der Waals surface area (Å²) in [5.74, 6) is 1.51. The maximum absolute atomic E-state index is 5.86. The van der Waals surface area contributed by atoms with Crippen LogP contribution in [-0.4, -0.2) is 38.7 Å². The number of benzene rings is 1. The van der Waals surface area contributed by atoms with Crippen molar-refractivity contribution in [2.45, 2.75) is 26.7 Å². The largest absolute Gasteiger partial charge is 0.491 e. The Hall–Kier alpha value is -0.0900. The minimum absolute atomic E-state index is 0.459. The predicted octanol–water partition coefficient (Wildman–Crippen LogP) is 6.81. The van der Waals surface area contributed by atoms with Crippen molar-refractivity contribution < 1.29 is 19.0 Å². The van der Waals surface area contributed by atoms with Gasteiger partial charge >= 0.3 is 0 Å². The molecule has 0 heterocycles. The van der Waals surface area contributed by atoms with Crippen molar-refractivity contribution in [2.75, 3.05) is 33.0 Å². The van der Waals surface area contributed by atoms with Gasteiger partial charge in [-0.2, -0.15) is 0 Å². The van der Waals surface area contributed by atoms with Crippen molar-refractivity contribution in [3.63, 3.8) is 0 Å². The highest BCUT2D eigenvalue weighted by atomic mass is 79.9. The van der Waals surface area contributed by atoms with Crippen LogP contribution < -0.4 is 9.47 Å². The Balaban J connectivity index is 2.24. The lowest BCUT2D eigenvalue weighted by Crippen LogP contribution is -2.05. The molecular weight excluding hydrogens is 614 g/mol. The number of nitrogens with zero attached hydrogens (tertiary/aromatic N) is 1. The fraction of sp³-hybridized carbons (Fsp3) is 0.500. The van der Waals surface area contributed by atoms with Gasteiger partial charge < -0.3 is 19.0 Å². The maximum Gasteiger partial charge on any atom is 0.147 e. The van der Waals surface area contributed by atoms with Crippen molar-refractivity contribution in [3.05, 3.63) is 30.5 Å². The first-order chi connectivity index (χ1) is 12.9. The Morgan fingerprint density at radius 3 is 2.26 bits per heavy atom. The molecular formula is C18H23Br4NO4. The van der Waals surface area contributed by atoms with Crippen LogP contribution in [0.25, 0.3) is 0 Å². The minimum atomic E-state index is 0.459. The molecule has 152 valence electrons. The second-order valence-electron chi connectivity index (χ2n) is 5.56. The van der Waals surface area contributed by atoms with Gasteiger partial charge in [0.05, 0.1) is 31.3 Å². The Kier molecular flexibility index (Phi) is 13.7. The monoisotopic (exact) mass is 633 g/mol. The topological polar surface area (TPSA) is 49.3 Å². The van der Waals surface area contributed by atoms with Crippen molar-refractivity contribution in [2.24, 2.45) is 5.16 Å². The molecule has 0 aliphatic heterocycles. The van der Waals surface area contributed by atoms with Crippen LogP contribution in [0.2, 0.25) is 0 Å². The lowest BCUT2D eigenvalue weighted by molar-refractivity contribution is 0.0483. The smallest absolute Gasteiger partial charge is 0.147 e. The van der Waals surface area contributed by atoms with Crippen LogP contribution in [0.1, 0.15) is 26.7 Å². The van der Waals surface area contributed by atoms with Gasteiger partial charge in [0.2, 0.25) is 0 Å². The predicted molar refractivity (Wildman–Crippen MR) is 124 cm³/mol. The van der Waals surface area contributed by atoms with Crippen LogP contribution in [0, 0.1) is 0 Å². The molecule has 0 saturated heterocycles. The molecule has 1 aromatic carbocycles. The number of oxime groups is 1. The SMILES string of the molecule is CC(C)=NOCCOCCCCOc1c(Br)cc(OCC=C(Br)Br)cc1Br. The third-order valence-corrected chi connectivity index (χ3v) is 4.78. The van der Waals surface area contributed by atoms with Crippen molar-refractivity contribution >= 4 is 69.4 Å². The van der Waals surface area contributed by atoms with E-state index in [9.17, 15) is 0 Å². The molecule has 0 N–H and O–H groups in total. The summed E-state index contributed by atoms with van der Waals surface area (Å²) in [5.41, 5.74) is 0.896. The van der Waals surface area contributed by atoms with E-state index < -0.39 is 0 Å². The number of ether oxygens (including phenoxy) is 3. The van der Waals surface area contributed by atoms with Crippen LogP contribution in [0.5, 0.6) is 11.5 Å². The third-order valence-electron chi connectivity index (χ3n) is 2.95. The molecule has 0 aliphatic carbocycles.